The maximum atomic E-state index is 13.2. The molecule has 5 nitrogen and oxygen atoms in total. The molecule has 1 aromatic carbocycles. The SMILES string of the molecule is CN1C(=O)CC[C@H](C(=O)NC[C@H]2CCCO2)[C@@H]1c1ccc(F)cc1. The Hall–Kier alpha value is -1.95. The number of piperidine rings is 1. The molecule has 2 heterocycles. The van der Waals surface area contributed by atoms with Crippen LogP contribution in [0, 0.1) is 11.7 Å². The van der Waals surface area contributed by atoms with Crippen LogP contribution in [0.3, 0.4) is 0 Å². The minimum atomic E-state index is -0.364. The van der Waals surface area contributed by atoms with Crippen molar-refractivity contribution in [2.45, 2.75) is 37.8 Å². The third-order valence-corrected chi connectivity index (χ3v) is 4.94. The third-order valence-electron chi connectivity index (χ3n) is 4.94. The van der Waals surface area contributed by atoms with E-state index in [0.717, 1.165) is 25.0 Å². The van der Waals surface area contributed by atoms with Crippen molar-refractivity contribution < 1.29 is 18.7 Å². The van der Waals surface area contributed by atoms with Gasteiger partial charge in [-0.1, -0.05) is 12.1 Å². The lowest BCUT2D eigenvalue weighted by atomic mass is 9.84. The highest BCUT2D eigenvalue weighted by Crippen LogP contribution is 2.36. The van der Waals surface area contributed by atoms with E-state index in [4.69, 9.17) is 4.74 Å². The fraction of sp³-hybridized carbons (Fsp3) is 0.556. The van der Waals surface area contributed by atoms with Crippen LogP contribution in [0.2, 0.25) is 0 Å². The van der Waals surface area contributed by atoms with E-state index in [1.54, 1.807) is 24.1 Å². The van der Waals surface area contributed by atoms with Crippen LogP contribution in [0.4, 0.5) is 4.39 Å². The van der Waals surface area contributed by atoms with Crippen LogP contribution in [0.15, 0.2) is 24.3 Å². The quantitative estimate of drug-likeness (QED) is 0.917. The second-order valence-electron chi connectivity index (χ2n) is 6.53. The summed E-state index contributed by atoms with van der Waals surface area (Å²) in [5, 5.41) is 2.96. The van der Waals surface area contributed by atoms with Gasteiger partial charge in [-0.3, -0.25) is 9.59 Å². The van der Waals surface area contributed by atoms with Crippen molar-refractivity contribution in [2.75, 3.05) is 20.2 Å². The maximum absolute atomic E-state index is 13.2. The topological polar surface area (TPSA) is 58.6 Å². The second kappa shape index (κ2) is 7.30. The molecule has 2 saturated heterocycles. The average Bonchev–Trinajstić information content (AvgIpc) is 3.09. The van der Waals surface area contributed by atoms with Crippen LogP contribution in [0.25, 0.3) is 0 Å². The van der Waals surface area contributed by atoms with Crippen LogP contribution in [-0.4, -0.2) is 43.0 Å². The van der Waals surface area contributed by atoms with Gasteiger partial charge in [0.15, 0.2) is 0 Å². The predicted molar refractivity (Wildman–Crippen MR) is 86.6 cm³/mol. The molecule has 0 radical (unpaired) electrons. The van der Waals surface area contributed by atoms with Crippen LogP contribution in [0.1, 0.15) is 37.3 Å². The largest absolute Gasteiger partial charge is 0.376 e. The molecule has 1 N–H and O–H groups in total. The van der Waals surface area contributed by atoms with E-state index < -0.39 is 0 Å². The Bertz CT molecular complexity index is 599. The van der Waals surface area contributed by atoms with E-state index in [2.05, 4.69) is 5.32 Å². The number of likely N-dealkylation sites (tertiary alicyclic amines) is 1. The highest BCUT2D eigenvalue weighted by molar-refractivity contribution is 5.84. The summed E-state index contributed by atoms with van der Waals surface area (Å²) < 4.78 is 18.7. The number of rotatable bonds is 4. The molecule has 0 aromatic heterocycles. The molecule has 3 atom stereocenters. The molecule has 0 unspecified atom stereocenters. The van der Waals surface area contributed by atoms with Crippen molar-refractivity contribution in [1.29, 1.82) is 0 Å². The molecule has 24 heavy (non-hydrogen) atoms. The summed E-state index contributed by atoms with van der Waals surface area (Å²) >= 11 is 0. The van der Waals surface area contributed by atoms with Crippen LogP contribution in [-0.2, 0) is 14.3 Å². The number of hydrogen-bond donors (Lipinski definition) is 1. The first-order chi connectivity index (χ1) is 11.6. The van der Waals surface area contributed by atoms with Gasteiger partial charge in [0, 0.05) is 26.6 Å². The Morgan fingerprint density at radius 3 is 2.75 bits per heavy atom. The second-order valence-corrected chi connectivity index (χ2v) is 6.53. The van der Waals surface area contributed by atoms with E-state index in [1.807, 2.05) is 0 Å². The zero-order valence-corrected chi connectivity index (χ0v) is 13.8. The van der Waals surface area contributed by atoms with Crippen LogP contribution < -0.4 is 5.32 Å². The maximum Gasteiger partial charge on any atom is 0.225 e. The van der Waals surface area contributed by atoms with Gasteiger partial charge in [0.2, 0.25) is 11.8 Å². The normalized spacial score (nSPS) is 27.3. The number of carbonyl (C=O) groups is 2. The first-order valence-electron chi connectivity index (χ1n) is 8.46. The molecule has 2 amide bonds. The number of hydrogen-bond acceptors (Lipinski definition) is 3. The van der Waals surface area contributed by atoms with Gasteiger partial charge in [0.25, 0.3) is 0 Å². The lowest BCUT2D eigenvalue weighted by Gasteiger charge is -2.38. The van der Waals surface area contributed by atoms with E-state index >= 15 is 0 Å². The minimum absolute atomic E-state index is 0.00695. The van der Waals surface area contributed by atoms with E-state index in [1.165, 1.54) is 12.1 Å². The van der Waals surface area contributed by atoms with Crippen molar-refractivity contribution >= 4 is 11.8 Å². The zero-order chi connectivity index (χ0) is 17.1. The monoisotopic (exact) mass is 334 g/mol. The summed E-state index contributed by atoms with van der Waals surface area (Å²) in [5.74, 6) is -0.728. The summed E-state index contributed by atoms with van der Waals surface area (Å²) in [7, 11) is 1.70. The number of nitrogens with one attached hydrogen (secondary N) is 1. The zero-order valence-electron chi connectivity index (χ0n) is 13.8. The molecule has 0 saturated carbocycles. The number of carbonyl (C=O) groups excluding carboxylic acids is 2. The molecule has 0 aliphatic carbocycles. The fourth-order valence-electron chi connectivity index (χ4n) is 3.58. The van der Waals surface area contributed by atoms with Crippen molar-refractivity contribution in [3.05, 3.63) is 35.6 Å². The molecular formula is C18H23FN2O3. The van der Waals surface area contributed by atoms with Gasteiger partial charge < -0.3 is 15.0 Å². The Balaban J connectivity index is 1.74. The smallest absolute Gasteiger partial charge is 0.225 e. The Labute approximate surface area is 141 Å². The van der Waals surface area contributed by atoms with Crippen LogP contribution in [0.5, 0.6) is 0 Å². The van der Waals surface area contributed by atoms with Gasteiger partial charge in [-0.15, -0.1) is 0 Å². The number of amides is 2. The molecule has 2 aliphatic rings. The van der Waals surface area contributed by atoms with Gasteiger partial charge in [-0.2, -0.15) is 0 Å². The van der Waals surface area contributed by atoms with E-state index in [0.29, 0.717) is 19.4 Å². The number of halogens is 1. The van der Waals surface area contributed by atoms with Crippen molar-refractivity contribution in [2.24, 2.45) is 5.92 Å². The van der Waals surface area contributed by atoms with Gasteiger partial charge >= 0.3 is 0 Å². The summed E-state index contributed by atoms with van der Waals surface area (Å²) in [6.07, 6.45) is 2.93. The van der Waals surface area contributed by atoms with Crippen molar-refractivity contribution in [1.82, 2.24) is 10.2 Å². The number of ether oxygens (including phenoxy) is 1. The van der Waals surface area contributed by atoms with E-state index in [9.17, 15) is 14.0 Å². The minimum Gasteiger partial charge on any atom is -0.376 e. The molecular weight excluding hydrogens is 311 g/mol. The Morgan fingerprint density at radius 2 is 2.08 bits per heavy atom. The molecule has 130 valence electrons. The number of benzene rings is 1. The number of nitrogens with zero attached hydrogens (tertiary/aromatic N) is 1. The third kappa shape index (κ3) is 3.59. The fourth-order valence-corrected chi connectivity index (χ4v) is 3.58. The standard InChI is InChI=1S/C18H23FN2O3/c1-21-16(22)9-8-15(17(21)12-4-6-13(19)7-5-12)18(23)20-11-14-3-2-10-24-14/h4-7,14-15,17H,2-3,8-11H2,1H3,(H,20,23)/t14-,15+,17+/m1/s1. The first kappa shape index (κ1) is 16.9. The van der Waals surface area contributed by atoms with E-state index in [-0.39, 0.29) is 35.7 Å². The van der Waals surface area contributed by atoms with Gasteiger partial charge in [-0.25, -0.2) is 4.39 Å². The molecule has 1 aromatic rings. The molecule has 2 fully saturated rings. The lowest BCUT2D eigenvalue weighted by molar-refractivity contribution is -0.141. The Kier molecular flexibility index (Phi) is 5.14. The van der Waals surface area contributed by atoms with Crippen LogP contribution >= 0.6 is 0 Å². The molecule has 0 spiro atoms. The Morgan fingerprint density at radius 1 is 1.33 bits per heavy atom. The highest BCUT2D eigenvalue weighted by atomic mass is 19.1. The lowest BCUT2D eigenvalue weighted by Crippen LogP contribution is -2.47. The average molecular weight is 334 g/mol. The molecule has 6 heteroatoms. The summed E-state index contributed by atoms with van der Waals surface area (Å²) in [5.41, 5.74) is 0.782. The molecule has 0 bridgehead atoms. The molecule has 2 aliphatic heterocycles. The van der Waals surface area contributed by atoms with Crippen molar-refractivity contribution in [3.63, 3.8) is 0 Å². The van der Waals surface area contributed by atoms with Gasteiger partial charge in [0.05, 0.1) is 18.1 Å². The summed E-state index contributed by atoms with van der Waals surface area (Å²) in [6, 6.07) is 5.66. The first-order valence-corrected chi connectivity index (χ1v) is 8.46. The summed E-state index contributed by atoms with van der Waals surface area (Å²) in [4.78, 5) is 26.4. The molecule has 3 rings (SSSR count). The van der Waals surface area contributed by atoms with Gasteiger partial charge in [-0.05, 0) is 37.0 Å². The van der Waals surface area contributed by atoms with Gasteiger partial charge in [0.1, 0.15) is 5.82 Å². The highest BCUT2D eigenvalue weighted by Gasteiger charge is 2.38. The van der Waals surface area contributed by atoms with Crippen molar-refractivity contribution in [3.8, 4) is 0 Å². The predicted octanol–water partition coefficient (Wildman–Crippen LogP) is 2.03. The summed E-state index contributed by atoms with van der Waals surface area (Å²) in [6.45, 7) is 1.25.